The predicted octanol–water partition coefficient (Wildman–Crippen LogP) is 3.51. The molecule has 1 saturated heterocycles. The zero-order valence-electron chi connectivity index (χ0n) is 16.0. The van der Waals surface area contributed by atoms with E-state index >= 15 is 0 Å². The first-order valence-electron chi connectivity index (χ1n) is 9.80. The van der Waals surface area contributed by atoms with Crippen molar-refractivity contribution in [2.45, 2.75) is 63.3 Å². The molecule has 1 saturated carbocycles. The van der Waals surface area contributed by atoms with Crippen molar-refractivity contribution in [3.8, 4) is 0 Å². The maximum atomic E-state index is 12.5. The van der Waals surface area contributed by atoms with Crippen molar-refractivity contribution in [3.63, 3.8) is 0 Å². The van der Waals surface area contributed by atoms with Gasteiger partial charge in [0.05, 0.1) is 0 Å². The Morgan fingerprint density at radius 2 is 1.85 bits per heavy atom. The van der Waals surface area contributed by atoms with Gasteiger partial charge in [0.2, 0.25) is 0 Å². The number of hydrogen-bond acceptors (Lipinski definition) is 3. The largest absolute Gasteiger partial charge is 0.481 e. The number of amides is 1. The van der Waals surface area contributed by atoms with E-state index < -0.39 is 5.97 Å². The highest BCUT2D eigenvalue weighted by molar-refractivity contribution is 5.94. The molecule has 0 aromatic heterocycles. The van der Waals surface area contributed by atoms with E-state index in [0.29, 0.717) is 5.92 Å². The van der Waals surface area contributed by atoms with Crippen LogP contribution in [-0.2, 0) is 10.2 Å². The van der Waals surface area contributed by atoms with Crippen LogP contribution in [-0.4, -0.2) is 36.1 Å². The van der Waals surface area contributed by atoms with Crippen molar-refractivity contribution in [3.05, 3.63) is 35.4 Å². The molecule has 1 unspecified atom stereocenters. The van der Waals surface area contributed by atoms with Crippen molar-refractivity contribution in [2.24, 2.45) is 5.92 Å². The Morgan fingerprint density at radius 1 is 1.19 bits per heavy atom. The summed E-state index contributed by atoms with van der Waals surface area (Å²) in [5, 5.41) is 15.3. The summed E-state index contributed by atoms with van der Waals surface area (Å²) in [5.41, 5.74) is 2.18. The molecule has 3 N–H and O–H groups in total. The molecule has 1 aliphatic heterocycles. The first kappa shape index (κ1) is 21.7. The number of carbonyl (C=O) groups is 2. The van der Waals surface area contributed by atoms with Gasteiger partial charge in [0.1, 0.15) is 0 Å². The number of carboxylic acid groups (broad SMARTS) is 1. The van der Waals surface area contributed by atoms with Crippen LogP contribution < -0.4 is 10.6 Å². The first-order valence-corrected chi connectivity index (χ1v) is 9.80. The molecular formula is C21H31ClN2O3. The Bertz CT molecular complexity index is 633. The van der Waals surface area contributed by atoms with E-state index in [9.17, 15) is 9.59 Å². The normalized spacial score (nSPS) is 27.6. The molecule has 0 radical (unpaired) electrons. The molecule has 5 nitrogen and oxygen atoms in total. The van der Waals surface area contributed by atoms with Gasteiger partial charge in [-0.15, -0.1) is 12.4 Å². The minimum absolute atomic E-state index is 0. The number of halogens is 1. The fraction of sp³-hybridized carbons (Fsp3) is 0.619. The molecule has 1 atom stereocenters. The van der Waals surface area contributed by atoms with Crippen LogP contribution in [0.15, 0.2) is 24.3 Å². The van der Waals surface area contributed by atoms with Gasteiger partial charge in [0, 0.05) is 30.0 Å². The van der Waals surface area contributed by atoms with Gasteiger partial charge in [-0.1, -0.05) is 19.1 Å². The zero-order chi connectivity index (χ0) is 18.6. The molecule has 150 valence electrons. The van der Waals surface area contributed by atoms with Gasteiger partial charge < -0.3 is 15.7 Å². The zero-order valence-corrected chi connectivity index (χ0v) is 16.8. The predicted molar refractivity (Wildman–Crippen MR) is 109 cm³/mol. The van der Waals surface area contributed by atoms with Crippen LogP contribution in [0.2, 0.25) is 0 Å². The highest BCUT2D eigenvalue weighted by atomic mass is 35.5. The van der Waals surface area contributed by atoms with Crippen LogP contribution in [0.25, 0.3) is 0 Å². The van der Waals surface area contributed by atoms with Gasteiger partial charge in [-0.25, -0.2) is 0 Å². The van der Waals surface area contributed by atoms with Crippen LogP contribution in [0.4, 0.5) is 0 Å². The van der Waals surface area contributed by atoms with Gasteiger partial charge in [-0.2, -0.15) is 0 Å². The number of nitrogens with one attached hydrogen (secondary N) is 2. The Morgan fingerprint density at radius 3 is 2.41 bits per heavy atom. The highest BCUT2D eigenvalue weighted by Gasteiger charge is 2.30. The molecule has 6 heteroatoms. The monoisotopic (exact) mass is 394 g/mol. The molecule has 1 aromatic rings. The molecule has 0 bridgehead atoms. The van der Waals surface area contributed by atoms with E-state index in [1.807, 2.05) is 12.1 Å². The Hall–Kier alpha value is -1.59. The molecule has 1 aliphatic carbocycles. The average Bonchev–Trinajstić information content (AvgIpc) is 3.09. The van der Waals surface area contributed by atoms with Crippen molar-refractivity contribution in [1.82, 2.24) is 10.6 Å². The van der Waals surface area contributed by atoms with Gasteiger partial charge in [-0.3, -0.25) is 9.59 Å². The highest BCUT2D eigenvalue weighted by Crippen LogP contribution is 2.30. The quantitative estimate of drug-likeness (QED) is 0.689. The summed E-state index contributed by atoms with van der Waals surface area (Å²) in [7, 11) is 0. The molecule has 1 aromatic carbocycles. The van der Waals surface area contributed by atoms with Gasteiger partial charge in [-0.05, 0) is 68.7 Å². The summed E-state index contributed by atoms with van der Waals surface area (Å²) < 4.78 is 0. The maximum Gasteiger partial charge on any atom is 0.303 e. The lowest BCUT2D eigenvalue weighted by Gasteiger charge is -2.29. The lowest BCUT2D eigenvalue weighted by atomic mass is 9.81. The van der Waals surface area contributed by atoms with Gasteiger partial charge in [0.25, 0.3) is 5.91 Å². The number of carbonyl (C=O) groups excluding carboxylic acids is 1. The number of benzene rings is 1. The molecular weight excluding hydrogens is 364 g/mol. The Kier molecular flexibility index (Phi) is 7.68. The van der Waals surface area contributed by atoms with Crippen LogP contribution in [0.1, 0.15) is 67.8 Å². The second-order valence-electron chi connectivity index (χ2n) is 8.19. The SMILES string of the molecule is CC1(c2ccc(C(=O)NC3CCC(CCC(=O)O)CC3)cc2)CCNC1.Cl. The van der Waals surface area contributed by atoms with Crippen LogP contribution >= 0.6 is 12.4 Å². The number of rotatable bonds is 6. The van der Waals surface area contributed by atoms with E-state index in [2.05, 4.69) is 29.7 Å². The molecule has 3 rings (SSSR count). The lowest BCUT2D eigenvalue weighted by molar-refractivity contribution is -0.137. The fourth-order valence-corrected chi connectivity index (χ4v) is 4.28. The Balaban J connectivity index is 0.00000261. The second-order valence-corrected chi connectivity index (χ2v) is 8.19. The number of carboxylic acids is 1. The summed E-state index contributed by atoms with van der Waals surface area (Å²) in [6, 6.07) is 8.26. The number of hydrogen-bond donors (Lipinski definition) is 3. The average molecular weight is 395 g/mol. The maximum absolute atomic E-state index is 12.5. The van der Waals surface area contributed by atoms with Crippen molar-refractivity contribution in [2.75, 3.05) is 13.1 Å². The first-order chi connectivity index (χ1) is 12.5. The standard InChI is InChI=1S/C21H30N2O3.ClH/c1-21(12-13-22-14-21)17-7-5-16(6-8-17)20(26)23-18-9-2-15(3-10-18)4-11-19(24)25;/h5-8,15,18,22H,2-4,9-14H2,1H3,(H,23,26)(H,24,25);1H. The topological polar surface area (TPSA) is 78.4 Å². The van der Waals surface area contributed by atoms with Crippen LogP contribution in [0.3, 0.4) is 0 Å². The van der Waals surface area contributed by atoms with Crippen LogP contribution in [0.5, 0.6) is 0 Å². The summed E-state index contributed by atoms with van der Waals surface area (Å²) in [4.78, 5) is 23.2. The van der Waals surface area contributed by atoms with E-state index in [-0.39, 0.29) is 36.2 Å². The minimum atomic E-state index is -0.717. The fourth-order valence-electron chi connectivity index (χ4n) is 4.28. The molecule has 1 amide bonds. The molecule has 1 heterocycles. The van der Waals surface area contributed by atoms with Crippen LogP contribution in [0, 0.1) is 5.92 Å². The molecule has 2 fully saturated rings. The smallest absolute Gasteiger partial charge is 0.303 e. The third kappa shape index (κ3) is 5.69. The third-order valence-corrected chi connectivity index (χ3v) is 6.16. The Labute approximate surface area is 167 Å². The molecule has 2 aliphatic rings. The molecule has 0 spiro atoms. The van der Waals surface area contributed by atoms with E-state index in [4.69, 9.17) is 5.11 Å². The summed E-state index contributed by atoms with van der Waals surface area (Å²) in [6.07, 6.45) is 6.03. The summed E-state index contributed by atoms with van der Waals surface area (Å²) >= 11 is 0. The minimum Gasteiger partial charge on any atom is -0.481 e. The van der Waals surface area contributed by atoms with Crippen molar-refractivity contribution >= 4 is 24.3 Å². The number of aliphatic carboxylic acids is 1. The summed E-state index contributed by atoms with van der Waals surface area (Å²) in [6.45, 7) is 4.31. The third-order valence-electron chi connectivity index (χ3n) is 6.16. The van der Waals surface area contributed by atoms with E-state index in [1.165, 1.54) is 5.56 Å². The lowest BCUT2D eigenvalue weighted by Crippen LogP contribution is -2.37. The van der Waals surface area contributed by atoms with Gasteiger partial charge in [0.15, 0.2) is 0 Å². The van der Waals surface area contributed by atoms with Gasteiger partial charge >= 0.3 is 5.97 Å². The summed E-state index contributed by atoms with van der Waals surface area (Å²) in [5.74, 6) is -0.231. The second kappa shape index (κ2) is 9.56. The van der Waals surface area contributed by atoms with E-state index in [1.54, 1.807) is 0 Å². The van der Waals surface area contributed by atoms with E-state index in [0.717, 1.165) is 57.2 Å². The van der Waals surface area contributed by atoms with Crippen molar-refractivity contribution < 1.29 is 14.7 Å². The van der Waals surface area contributed by atoms with Crippen molar-refractivity contribution in [1.29, 1.82) is 0 Å². The molecule has 27 heavy (non-hydrogen) atoms.